The lowest BCUT2D eigenvalue weighted by Crippen LogP contribution is -2.42. The molecule has 0 aromatic heterocycles. The van der Waals surface area contributed by atoms with Crippen LogP contribution in [0.15, 0.2) is 47.5 Å². The quantitative estimate of drug-likeness (QED) is 0.311. The molecule has 152 valence electrons. The fourth-order valence-electron chi connectivity index (χ4n) is 2.47. The zero-order valence-electron chi connectivity index (χ0n) is 16.2. The predicted octanol–water partition coefficient (Wildman–Crippen LogP) is 3.11. The second-order valence-electron chi connectivity index (χ2n) is 5.96. The van der Waals surface area contributed by atoms with Crippen molar-refractivity contribution in [1.29, 1.82) is 0 Å². The van der Waals surface area contributed by atoms with E-state index in [2.05, 4.69) is 27.0 Å². The van der Waals surface area contributed by atoms with E-state index in [1.54, 1.807) is 14.2 Å². The minimum atomic E-state index is -0.345. The van der Waals surface area contributed by atoms with Crippen molar-refractivity contribution in [2.75, 3.05) is 32.6 Å². The number of hydrogen-bond donors (Lipinski definition) is 3. The molecular formula is C20H26FIN4O2. The number of anilines is 1. The van der Waals surface area contributed by atoms with Gasteiger partial charge in [0.25, 0.3) is 0 Å². The Balaban J connectivity index is 0.00000392. The van der Waals surface area contributed by atoms with E-state index in [1.807, 2.05) is 19.1 Å². The second-order valence-corrected chi connectivity index (χ2v) is 5.96. The van der Waals surface area contributed by atoms with Gasteiger partial charge in [0.2, 0.25) is 5.91 Å². The predicted molar refractivity (Wildman–Crippen MR) is 121 cm³/mol. The third-order valence-corrected chi connectivity index (χ3v) is 3.95. The van der Waals surface area contributed by atoms with E-state index in [4.69, 9.17) is 4.74 Å². The van der Waals surface area contributed by atoms with E-state index in [9.17, 15) is 9.18 Å². The molecule has 0 radical (unpaired) electrons. The lowest BCUT2D eigenvalue weighted by atomic mass is 10.1. The first kappa shape index (κ1) is 23.7. The fraction of sp³-hybridized carbons (Fsp3) is 0.300. The number of carbonyl (C=O) groups excluding carboxylic acids is 1. The summed E-state index contributed by atoms with van der Waals surface area (Å²) in [4.78, 5) is 16.0. The summed E-state index contributed by atoms with van der Waals surface area (Å²) in [6.07, 6.45) is 0.791. The first-order chi connectivity index (χ1) is 13.0. The molecule has 2 aromatic rings. The molecule has 0 saturated carbocycles. The van der Waals surface area contributed by atoms with Gasteiger partial charge in [-0.15, -0.1) is 24.0 Å². The Morgan fingerprint density at radius 3 is 2.50 bits per heavy atom. The highest BCUT2D eigenvalue weighted by molar-refractivity contribution is 14.0. The number of halogens is 2. The van der Waals surface area contributed by atoms with Crippen LogP contribution in [0, 0.1) is 12.7 Å². The molecule has 0 aliphatic rings. The van der Waals surface area contributed by atoms with E-state index < -0.39 is 0 Å². The van der Waals surface area contributed by atoms with Gasteiger partial charge in [-0.1, -0.05) is 12.1 Å². The van der Waals surface area contributed by atoms with E-state index >= 15 is 0 Å². The van der Waals surface area contributed by atoms with Crippen molar-refractivity contribution in [3.8, 4) is 5.75 Å². The number of guanidine groups is 1. The summed E-state index contributed by atoms with van der Waals surface area (Å²) in [6, 6.07) is 11.7. The number of aliphatic imine (C=N–C) groups is 1. The molecule has 1 amide bonds. The SMILES string of the molecule is CN=C(NCCc1ccc(C)c(OC)c1)NCC(=O)Nc1ccc(F)cc1.I. The Labute approximate surface area is 182 Å². The largest absolute Gasteiger partial charge is 0.496 e. The number of nitrogens with zero attached hydrogens (tertiary/aromatic N) is 1. The van der Waals surface area contributed by atoms with Gasteiger partial charge in [0.05, 0.1) is 13.7 Å². The maximum absolute atomic E-state index is 12.9. The third kappa shape index (κ3) is 7.71. The standard InChI is InChI=1S/C20H25FN4O2.HI/c1-14-4-5-15(12-18(14)27-3)10-11-23-20(22-2)24-13-19(26)25-17-8-6-16(21)7-9-17;/h4-9,12H,10-11,13H2,1-3H3,(H,25,26)(H2,22,23,24);1H. The Hall–Kier alpha value is -2.36. The number of nitrogens with one attached hydrogen (secondary N) is 3. The molecule has 2 rings (SSSR count). The second kappa shape index (κ2) is 12.2. The summed E-state index contributed by atoms with van der Waals surface area (Å²) in [5.41, 5.74) is 2.78. The van der Waals surface area contributed by atoms with Crippen LogP contribution in [0.2, 0.25) is 0 Å². The van der Waals surface area contributed by atoms with Crippen LogP contribution in [-0.2, 0) is 11.2 Å². The van der Waals surface area contributed by atoms with Crippen molar-refractivity contribution >= 4 is 41.5 Å². The summed E-state index contributed by atoms with van der Waals surface area (Å²) < 4.78 is 18.2. The zero-order chi connectivity index (χ0) is 19.6. The highest BCUT2D eigenvalue weighted by atomic mass is 127. The minimum absolute atomic E-state index is 0. The smallest absolute Gasteiger partial charge is 0.243 e. The first-order valence-electron chi connectivity index (χ1n) is 8.65. The minimum Gasteiger partial charge on any atom is -0.496 e. The van der Waals surface area contributed by atoms with Crippen LogP contribution < -0.4 is 20.7 Å². The van der Waals surface area contributed by atoms with Gasteiger partial charge in [-0.25, -0.2) is 4.39 Å². The van der Waals surface area contributed by atoms with Crippen molar-refractivity contribution in [2.24, 2.45) is 4.99 Å². The van der Waals surface area contributed by atoms with Crippen molar-refractivity contribution in [1.82, 2.24) is 10.6 Å². The number of amides is 1. The molecule has 0 fully saturated rings. The van der Waals surface area contributed by atoms with Gasteiger partial charge in [0.15, 0.2) is 5.96 Å². The van der Waals surface area contributed by atoms with Gasteiger partial charge >= 0.3 is 0 Å². The average Bonchev–Trinajstić information content (AvgIpc) is 2.67. The van der Waals surface area contributed by atoms with E-state index in [1.165, 1.54) is 24.3 Å². The maximum atomic E-state index is 12.9. The molecule has 2 aromatic carbocycles. The Kier molecular flexibility index (Phi) is 10.3. The third-order valence-electron chi connectivity index (χ3n) is 3.95. The Morgan fingerprint density at radius 1 is 1.14 bits per heavy atom. The van der Waals surface area contributed by atoms with Crippen LogP contribution in [0.25, 0.3) is 0 Å². The van der Waals surface area contributed by atoms with E-state index in [-0.39, 0.29) is 42.2 Å². The molecule has 0 aliphatic heterocycles. The van der Waals surface area contributed by atoms with Gasteiger partial charge in [0.1, 0.15) is 11.6 Å². The molecule has 3 N–H and O–H groups in total. The molecular weight excluding hydrogens is 474 g/mol. The zero-order valence-corrected chi connectivity index (χ0v) is 18.5. The summed E-state index contributed by atoms with van der Waals surface area (Å²) >= 11 is 0. The van der Waals surface area contributed by atoms with Gasteiger partial charge in [-0.05, 0) is 54.8 Å². The molecule has 8 heteroatoms. The van der Waals surface area contributed by atoms with Crippen LogP contribution in [-0.4, -0.2) is 39.1 Å². The van der Waals surface area contributed by atoms with Gasteiger partial charge in [0, 0.05) is 19.3 Å². The lowest BCUT2D eigenvalue weighted by molar-refractivity contribution is -0.115. The van der Waals surface area contributed by atoms with Crippen molar-refractivity contribution < 1.29 is 13.9 Å². The van der Waals surface area contributed by atoms with E-state index in [0.29, 0.717) is 18.2 Å². The summed E-state index contributed by atoms with van der Waals surface area (Å²) in [5, 5.41) is 8.80. The number of hydrogen-bond acceptors (Lipinski definition) is 3. The number of methoxy groups -OCH3 is 1. The molecule has 0 aliphatic carbocycles. The molecule has 28 heavy (non-hydrogen) atoms. The monoisotopic (exact) mass is 500 g/mol. The number of aryl methyl sites for hydroxylation is 1. The van der Waals surface area contributed by atoms with Gasteiger partial charge in [-0.3, -0.25) is 9.79 Å². The summed E-state index contributed by atoms with van der Waals surface area (Å²) in [7, 11) is 3.30. The summed E-state index contributed by atoms with van der Waals surface area (Å²) in [5.74, 6) is 0.811. The van der Waals surface area contributed by atoms with Crippen LogP contribution in [0.4, 0.5) is 10.1 Å². The van der Waals surface area contributed by atoms with Crippen LogP contribution in [0.1, 0.15) is 11.1 Å². The van der Waals surface area contributed by atoms with E-state index in [0.717, 1.165) is 23.3 Å². The van der Waals surface area contributed by atoms with Crippen molar-refractivity contribution in [2.45, 2.75) is 13.3 Å². The Morgan fingerprint density at radius 2 is 1.86 bits per heavy atom. The molecule has 0 unspecified atom stereocenters. The normalized spacial score (nSPS) is 10.6. The molecule has 0 atom stereocenters. The molecule has 0 heterocycles. The van der Waals surface area contributed by atoms with Gasteiger partial charge < -0.3 is 20.7 Å². The van der Waals surface area contributed by atoms with Crippen molar-refractivity contribution in [3.63, 3.8) is 0 Å². The highest BCUT2D eigenvalue weighted by Gasteiger charge is 2.05. The van der Waals surface area contributed by atoms with Crippen LogP contribution in [0.3, 0.4) is 0 Å². The fourth-order valence-corrected chi connectivity index (χ4v) is 2.47. The average molecular weight is 500 g/mol. The van der Waals surface area contributed by atoms with Crippen molar-refractivity contribution in [3.05, 3.63) is 59.4 Å². The first-order valence-corrected chi connectivity index (χ1v) is 8.65. The summed E-state index contributed by atoms with van der Waals surface area (Å²) in [6.45, 7) is 2.71. The number of ether oxygens (including phenoxy) is 1. The molecule has 0 bridgehead atoms. The Bertz CT molecular complexity index is 797. The van der Waals surface area contributed by atoms with Crippen LogP contribution in [0.5, 0.6) is 5.75 Å². The number of rotatable bonds is 7. The van der Waals surface area contributed by atoms with Crippen LogP contribution >= 0.6 is 24.0 Å². The lowest BCUT2D eigenvalue weighted by Gasteiger charge is -2.13. The molecule has 0 saturated heterocycles. The van der Waals surface area contributed by atoms with Gasteiger partial charge in [-0.2, -0.15) is 0 Å². The molecule has 0 spiro atoms. The highest BCUT2D eigenvalue weighted by Crippen LogP contribution is 2.18. The topological polar surface area (TPSA) is 74.8 Å². The maximum Gasteiger partial charge on any atom is 0.243 e. The molecule has 6 nitrogen and oxygen atoms in total. The number of carbonyl (C=O) groups is 1. The number of benzene rings is 2.